The Morgan fingerprint density at radius 2 is 0.806 bits per heavy atom. The van der Waals surface area contributed by atoms with Crippen molar-refractivity contribution in [2.45, 2.75) is 290 Å². The number of unbranched alkanes of at least 4 members (excludes halogenated alkanes) is 38. The Morgan fingerprint density at radius 3 is 1.18 bits per heavy atom. The summed E-state index contributed by atoms with van der Waals surface area (Å²) in [6.07, 6.45) is 58.3. The Hall–Kier alpha value is -0.760. The Bertz CT molecular complexity index is 966. The molecule has 0 aliphatic carbocycles. The van der Waals surface area contributed by atoms with Crippen molar-refractivity contribution in [3.63, 3.8) is 0 Å². The topological polar surface area (TPSA) is 117 Å². The highest BCUT2D eigenvalue weighted by molar-refractivity contribution is 7.47. The first-order chi connectivity index (χ1) is 30.4. The monoisotopic (exact) mass is 900 g/mol. The molecule has 0 aromatic heterocycles. The summed E-state index contributed by atoms with van der Waals surface area (Å²) < 4.78 is 33.6. The summed E-state index contributed by atoms with van der Waals surface area (Å²) in [5.74, 6) is -0.325. The minimum atomic E-state index is -4.28. The molecule has 9 heteroatoms. The summed E-state index contributed by atoms with van der Waals surface area (Å²) in [6.45, 7) is 4.99. The van der Waals surface area contributed by atoms with Crippen LogP contribution in [0.2, 0.25) is 0 Å². The summed E-state index contributed by atoms with van der Waals surface area (Å²) in [5.41, 5.74) is 5.40. The van der Waals surface area contributed by atoms with Gasteiger partial charge in [-0.2, -0.15) is 0 Å². The third-order valence-electron chi connectivity index (χ3n) is 12.2. The number of allylic oxidation sites excluding steroid dienone is 2. The normalized spacial score (nSPS) is 13.3. The molecule has 0 fully saturated rings. The van der Waals surface area contributed by atoms with Gasteiger partial charge in [-0.15, -0.1) is 0 Å². The Labute approximate surface area is 385 Å². The van der Waals surface area contributed by atoms with Crippen LogP contribution in [-0.4, -0.2) is 49.9 Å². The average molecular weight is 900 g/mol. The number of phosphoric ester groups is 1. The van der Waals surface area contributed by atoms with Crippen LogP contribution in [0.1, 0.15) is 284 Å². The maximum absolute atomic E-state index is 12.7. The molecule has 0 amide bonds. The second-order valence-electron chi connectivity index (χ2n) is 18.5. The van der Waals surface area contributed by atoms with Crippen LogP contribution in [0.25, 0.3) is 0 Å². The van der Waals surface area contributed by atoms with E-state index >= 15 is 0 Å². The quantitative estimate of drug-likeness (QED) is 0.0268. The summed E-state index contributed by atoms with van der Waals surface area (Å²) >= 11 is 0. The number of hydrogen-bond donors (Lipinski definition) is 2. The van der Waals surface area contributed by atoms with Gasteiger partial charge in [-0.25, -0.2) is 4.57 Å². The standard InChI is InChI=1S/C53H106NO7P/c1-3-5-7-9-11-13-15-17-19-21-23-24-25-26-27-29-31-33-35-37-39-41-43-45-48-58-50-52(51-60-62(56,57)59-49-47-54)61-53(55)46-44-42-40-38-36-34-32-30-28-22-20-18-16-14-12-10-8-6-4-2/h18,20,52H,3-17,19,21-51,54H2,1-2H3,(H,56,57)/b20-18-. The van der Waals surface area contributed by atoms with Crippen molar-refractivity contribution in [3.8, 4) is 0 Å². The summed E-state index contributed by atoms with van der Waals surface area (Å²) in [4.78, 5) is 22.6. The van der Waals surface area contributed by atoms with E-state index in [4.69, 9.17) is 24.3 Å². The zero-order chi connectivity index (χ0) is 45.1. The highest BCUT2D eigenvalue weighted by Crippen LogP contribution is 2.43. The van der Waals surface area contributed by atoms with Gasteiger partial charge in [-0.05, 0) is 38.5 Å². The van der Waals surface area contributed by atoms with Gasteiger partial charge in [-0.1, -0.05) is 251 Å². The number of phosphoric acid groups is 1. The molecule has 0 aromatic carbocycles. The van der Waals surface area contributed by atoms with E-state index in [-0.39, 0.29) is 32.3 Å². The molecule has 0 aliphatic rings. The number of nitrogens with two attached hydrogens (primary N) is 1. The first-order valence-corrected chi connectivity index (χ1v) is 28.7. The van der Waals surface area contributed by atoms with Crippen molar-refractivity contribution >= 4 is 13.8 Å². The van der Waals surface area contributed by atoms with Crippen LogP contribution in [0.4, 0.5) is 0 Å². The molecule has 0 bridgehead atoms. The fraction of sp³-hybridized carbons (Fsp3) is 0.943. The average Bonchev–Trinajstić information content (AvgIpc) is 3.26. The number of hydrogen-bond acceptors (Lipinski definition) is 7. The summed E-state index contributed by atoms with van der Waals surface area (Å²) in [6, 6.07) is 0. The third kappa shape index (κ3) is 50.2. The molecule has 0 rings (SSSR count). The number of carbonyl (C=O) groups excluding carboxylic acids is 1. The largest absolute Gasteiger partial charge is 0.472 e. The molecule has 2 atom stereocenters. The number of esters is 1. The van der Waals surface area contributed by atoms with E-state index in [2.05, 4.69) is 26.0 Å². The van der Waals surface area contributed by atoms with Gasteiger partial charge >= 0.3 is 13.8 Å². The van der Waals surface area contributed by atoms with Crippen LogP contribution in [0.3, 0.4) is 0 Å². The van der Waals surface area contributed by atoms with E-state index < -0.39 is 13.9 Å². The molecular formula is C53H106NO7P. The molecule has 370 valence electrons. The zero-order valence-electron chi connectivity index (χ0n) is 41.4. The molecular weight excluding hydrogens is 794 g/mol. The van der Waals surface area contributed by atoms with Crippen molar-refractivity contribution in [1.82, 2.24) is 0 Å². The van der Waals surface area contributed by atoms with Gasteiger partial charge < -0.3 is 20.1 Å². The smallest absolute Gasteiger partial charge is 0.457 e. The van der Waals surface area contributed by atoms with Gasteiger partial charge in [0.15, 0.2) is 0 Å². The molecule has 0 radical (unpaired) electrons. The predicted molar refractivity (Wildman–Crippen MR) is 266 cm³/mol. The maximum atomic E-state index is 12.7. The zero-order valence-corrected chi connectivity index (χ0v) is 42.3. The summed E-state index contributed by atoms with van der Waals surface area (Å²) in [5, 5.41) is 0. The fourth-order valence-corrected chi connectivity index (χ4v) is 8.94. The van der Waals surface area contributed by atoms with Gasteiger partial charge in [0.05, 0.1) is 19.8 Å². The lowest BCUT2D eigenvalue weighted by molar-refractivity contribution is -0.154. The number of ether oxygens (including phenoxy) is 2. The molecule has 8 nitrogen and oxygen atoms in total. The summed E-state index contributed by atoms with van der Waals surface area (Å²) in [7, 11) is -4.28. The molecule has 0 saturated heterocycles. The van der Waals surface area contributed by atoms with Gasteiger partial charge in [0.2, 0.25) is 0 Å². The molecule has 62 heavy (non-hydrogen) atoms. The van der Waals surface area contributed by atoms with Crippen molar-refractivity contribution in [2.24, 2.45) is 5.73 Å². The van der Waals surface area contributed by atoms with E-state index in [1.54, 1.807) is 0 Å². The van der Waals surface area contributed by atoms with Crippen molar-refractivity contribution in [3.05, 3.63) is 12.2 Å². The fourth-order valence-electron chi connectivity index (χ4n) is 8.17. The Morgan fingerprint density at radius 1 is 0.468 bits per heavy atom. The van der Waals surface area contributed by atoms with Gasteiger partial charge in [-0.3, -0.25) is 13.8 Å². The molecule has 0 spiro atoms. The minimum Gasteiger partial charge on any atom is -0.457 e. The minimum absolute atomic E-state index is 0.0920. The van der Waals surface area contributed by atoms with Crippen LogP contribution < -0.4 is 5.73 Å². The van der Waals surface area contributed by atoms with Crippen LogP contribution in [0, 0.1) is 0 Å². The van der Waals surface area contributed by atoms with Crippen LogP contribution in [-0.2, 0) is 27.9 Å². The molecule has 2 unspecified atom stereocenters. The molecule has 0 aliphatic heterocycles. The first kappa shape index (κ1) is 61.2. The van der Waals surface area contributed by atoms with E-state index in [1.165, 1.54) is 231 Å². The van der Waals surface area contributed by atoms with Gasteiger partial charge in [0.1, 0.15) is 6.10 Å². The van der Waals surface area contributed by atoms with Crippen molar-refractivity contribution in [1.29, 1.82) is 0 Å². The van der Waals surface area contributed by atoms with Crippen LogP contribution >= 0.6 is 7.82 Å². The number of carbonyl (C=O) groups is 1. The van der Waals surface area contributed by atoms with E-state index in [0.717, 1.165) is 32.1 Å². The second kappa shape index (κ2) is 51.2. The third-order valence-corrected chi connectivity index (χ3v) is 13.2. The second-order valence-corrected chi connectivity index (χ2v) is 19.9. The number of rotatable bonds is 53. The van der Waals surface area contributed by atoms with E-state index in [9.17, 15) is 14.3 Å². The first-order valence-electron chi connectivity index (χ1n) is 27.2. The molecule has 3 N–H and O–H groups in total. The lowest BCUT2D eigenvalue weighted by Crippen LogP contribution is -2.28. The van der Waals surface area contributed by atoms with Crippen molar-refractivity contribution < 1.29 is 32.8 Å². The highest BCUT2D eigenvalue weighted by Gasteiger charge is 2.25. The Kier molecular flexibility index (Phi) is 50.6. The molecule has 0 aromatic rings. The van der Waals surface area contributed by atoms with E-state index in [1.807, 2.05) is 0 Å². The van der Waals surface area contributed by atoms with E-state index in [0.29, 0.717) is 13.0 Å². The van der Waals surface area contributed by atoms with Crippen LogP contribution in [0.15, 0.2) is 12.2 Å². The maximum Gasteiger partial charge on any atom is 0.472 e. The SMILES string of the molecule is CCCCCCCC/C=C\CCCCCCCCCCCC(=O)OC(COCCCCCCCCCCCCCCCCCCCCCCCCCC)COP(=O)(O)OCCN. The molecule has 0 saturated carbocycles. The lowest BCUT2D eigenvalue weighted by Gasteiger charge is -2.20. The molecule has 0 heterocycles. The highest BCUT2D eigenvalue weighted by atomic mass is 31.2. The lowest BCUT2D eigenvalue weighted by atomic mass is 10.0. The predicted octanol–water partition coefficient (Wildman–Crippen LogP) is 17.0. The van der Waals surface area contributed by atoms with Gasteiger partial charge in [0, 0.05) is 19.6 Å². The van der Waals surface area contributed by atoms with Crippen molar-refractivity contribution in [2.75, 3.05) is 33.0 Å². The van der Waals surface area contributed by atoms with Gasteiger partial charge in [0.25, 0.3) is 0 Å². The Balaban J connectivity index is 3.85. The van der Waals surface area contributed by atoms with Crippen LogP contribution in [0.5, 0.6) is 0 Å².